The van der Waals surface area contributed by atoms with Gasteiger partial charge in [0.2, 0.25) is 10.0 Å². The Hall–Kier alpha value is -3.31. The van der Waals surface area contributed by atoms with Crippen molar-refractivity contribution in [2.75, 3.05) is 6.54 Å². The SMILES string of the molecule is O=c1oc2ccccc2n1CC1CCCN1S(=O)(=O)c1ccc(-n2cnnn2)cc1. The van der Waals surface area contributed by atoms with Gasteiger partial charge in [-0.3, -0.25) is 4.57 Å². The Morgan fingerprint density at radius 2 is 1.90 bits per heavy atom. The zero-order chi connectivity index (χ0) is 20.7. The van der Waals surface area contributed by atoms with E-state index in [9.17, 15) is 13.2 Å². The Kier molecular flexibility index (Phi) is 4.48. The number of nitrogens with zero attached hydrogens (tertiary/aromatic N) is 6. The summed E-state index contributed by atoms with van der Waals surface area (Å²) < 4.78 is 36.3. The van der Waals surface area contributed by atoms with Crippen molar-refractivity contribution < 1.29 is 12.8 Å². The summed E-state index contributed by atoms with van der Waals surface area (Å²) in [6.45, 7) is 0.657. The number of tetrazole rings is 1. The molecule has 3 heterocycles. The van der Waals surface area contributed by atoms with Crippen LogP contribution in [0.25, 0.3) is 16.8 Å². The Labute approximate surface area is 171 Å². The van der Waals surface area contributed by atoms with Crippen LogP contribution in [0.4, 0.5) is 0 Å². The van der Waals surface area contributed by atoms with Crippen molar-refractivity contribution in [3.8, 4) is 5.69 Å². The second-order valence-corrected chi connectivity index (χ2v) is 9.00. The lowest BCUT2D eigenvalue weighted by molar-refractivity contribution is 0.344. The Bertz CT molecular complexity index is 1340. The summed E-state index contributed by atoms with van der Waals surface area (Å²) in [7, 11) is -3.72. The second-order valence-electron chi connectivity index (χ2n) is 7.11. The monoisotopic (exact) mass is 426 g/mol. The van der Waals surface area contributed by atoms with Crippen LogP contribution in [-0.2, 0) is 16.6 Å². The lowest BCUT2D eigenvalue weighted by atomic mass is 10.2. The van der Waals surface area contributed by atoms with Gasteiger partial charge in [0.05, 0.1) is 16.1 Å². The molecule has 4 aromatic rings. The highest BCUT2D eigenvalue weighted by molar-refractivity contribution is 7.89. The highest BCUT2D eigenvalue weighted by Gasteiger charge is 2.36. The van der Waals surface area contributed by atoms with Gasteiger partial charge in [-0.1, -0.05) is 12.1 Å². The molecule has 1 aliphatic rings. The van der Waals surface area contributed by atoms with E-state index in [0.717, 1.165) is 6.42 Å². The fourth-order valence-corrected chi connectivity index (χ4v) is 5.58. The molecule has 0 radical (unpaired) electrons. The molecule has 2 aromatic heterocycles. The first kappa shape index (κ1) is 18.7. The maximum absolute atomic E-state index is 13.3. The molecule has 1 saturated heterocycles. The van der Waals surface area contributed by atoms with Gasteiger partial charge >= 0.3 is 5.76 Å². The van der Waals surface area contributed by atoms with Gasteiger partial charge in [0.15, 0.2) is 5.58 Å². The first-order valence-electron chi connectivity index (χ1n) is 9.48. The van der Waals surface area contributed by atoms with E-state index in [4.69, 9.17) is 4.42 Å². The van der Waals surface area contributed by atoms with Crippen molar-refractivity contribution in [1.29, 1.82) is 0 Å². The largest absolute Gasteiger partial charge is 0.420 e. The Morgan fingerprint density at radius 3 is 2.67 bits per heavy atom. The van der Waals surface area contributed by atoms with Crippen molar-refractivity contribution in [2.45, 2.75) is 30.3 Å². The normalized spacial score (nSPS) is 17.7. The number of benzene rings is 2. The molecule has 30 heavy (non-hydrogen) atoms. The second kappa shape index (κ2) is 7.18. The van der Waals surface area contributed by atoms with Crippen LogP contribution < -0.4 is 5.76 Å². The predicted octanol–water partition coefficient (Wildman–Crippen LogP) is 1.42. The molecule has 10 nitrogen and oxygen atoms in total. The quantitative estimate of drug-likeness (QED) is 0.474. The molecule has 0 bridgehead atoms. The van der Waals surface area contributed by atoms with Crippen molar-refractivity contribution in [3.63, 3.8) is 0 Å². The van der Waals surface area contributed by atoms with Crippen molar-refractivity contribution in [1.82, 2.24) is 29.1 Å². The van der Waals surface area contributed by atoms with Crippen molar-refractivity contribution >= 4 is 21.1 Å². The molecule has 0 spiro atoms. The highest BCUT2D eigenvalue weighted by atomic mass is 32.2. The summed E-state index contributed by atoms with van der Waals surface area (Å²) >= 11 is 0. The van der Waals surface area contributed by atoms with Gasteiger partial charge in [-0.2, -0.15) is 4.31 Å². The van der Waals surface area contributed by atoms with Gasteiger partial charge in [-0.25, -0.2) is 17.9 Å². The molecule has 1 unspecified atom stereocenters. The van der Waals surface area contributed by atoms with E-state index in [0.29, 0.717) is 29.8 Å². The molecular weight excluding hydrogens is 408 g/mol. The summed E-state index contributed by atoms with van der Waals surface area (Å²) in [5, 5.41) is 11.0. The predicted molar refractivity (Wildman–Crippen MR) is 107 cm³/mol. The Balaban J connectivity index is 1.44. The minimum absolute atomic E-state index is 0.190. The third kappa shape index (κ3) is 3.12. The van der Waals surface area contributed by atoms with Crippen LogP contribution in [-0.4, -0.2) is 50.1 Å². The smallest absolute Gasteiger partial charge is 0.408 e. The van der Waals surface area contributed by atoms with Crippen LogP contribution in [0.3, 0.4) is 0 Å². The number of sulfonamides is 1. The molecule has 0 N–H and O–H groups in total. The molecule has 1 aliphatic heterocycles. The van der Waals surface area contributed by atoms with Gasteiger partial charge in [0.1, 0.15) is 6.33 Å². The first-order chi connectivity index (χ1) is 14.5. The van der Waals surface area contributed by atoms with Gasteiger partial charge in [0, 0.05) is 19.1 Å². The fraction of sp³-hybridized carbons (Fsp3) is 0.263. The van der Waals surface area contributed by atoms with Crippen LogP contribution >= 0.6 is 0 Å². The van der Waals surface area contributed by atoms with E-state index < -0.39 is 15.8 Å². The summed E-state index contributed by atoms with van der Waals surface area (Å²) in [6, 6.07) is 13.2. The number of hydrogen-bond donors (Lipinski definition) is 0. The number of aromatic nitrogens is 5. The van der Waals surface area contributed by atoms with E-state index in [1.807, 2.05) is 6.07 Å². The van der Waals surface area contributed by atoms with Gasteiger partial charge in [-0.05, 0) is 59.7 Å². The number of fused-ring (bicyclic) bond motifs is 1. The van der Waals surface area contributed by atoms with E-state index in [-0.39, 0.29) is 17.5 Å². The summed E-state index contributed by atoms with van der Waals surface area (Å²) in [5.74, 6) is -0.480. The van der Waals surface area contributed by atoms with E-state index in [2.05, 4.69) is 15.5 Å². The van der Waals surface area contributed by atoms with E-state index >= 15 is 0 Å². The molecule has 0 aliphatic carbocycles. The molecule has 0 saturated carbocycles. The van der Waals surface area contributed by atoms with Crippen molar-refractivity contribution in [3.05, 3.63) is 65.4 Å². The van der Waals surface area contributed by atoms with Crippen LogP contribution in [0.1, 0.15) is 12.8 Å². The maximum atomic E-state index is 13.3. The fourth-order valence-electron chi connectivity index (χ4n) is 3.89. The van der Waals surface area contributed by atoms with E-state index in [1.165, 1.54) is 19.9 Å². The standard InChI is InChI=1S/C19H18N6O4S/c26-19-23(17-5-1-2-6-18(17)29-19)12-15-4-3-11-25(15)30(27,28)16-9-7-14(8-10-16)24-13-20-21-22-24/h1-2,5-10,13,15H,3-4,11-12H2. The van der Waals surface area contributed by atoms with Crippen LogP contribution in [0.15, 0.2) is 69.0 Å². The minimum atomic E-state index is -3.72. The minimum Gasteiger partial charge on any atom is -0.408 e. The molecule has 1 atom stereocenters. The summed E-state index contributed by atoms with van der Waals surface area (Å²) in [5.41, 5.74) is 1.82. The number of rotatable bonds is 5. The number of oxazole rings is 1. The van der Waals surface area contributed by atoms with Gasteiger partial charge in [-0.15, -0.1) is 5.10 Å². The van der Waals surface area contributed by atoms with Gasteiger partial charge < -0.3 is 4.42 Å². The van der Waals surface area contributed by atoms with E-state index in [1.54, 1.807) is 42.5 Å². The van der Waals surface area contributed by atoms with Crippen LogP contribution in [0.2, 0.25) is 0 Å². The lowest BCUT2D eigenvalue weighted by Gasteiger charge is -2.24. The first-order valence-corrected chi connectivity index (χ1v) is 10.9. The zero-order valence-electron chi connectivity index (χ0n) is 15.8. The van der Waals surface area contributed by atoms with Crippen LogP contribution in [0.5, 0.6) is 0 Å². The Morgan fingerprint density at radius 1 is 1.10 bits per heavy atom. The lowest BCUT2D eigenvalue weighted by Crippen LogP contribution is -2.39. The van der Waals surface area contributed by atoms with Crippen molar-refractivity contribution in [2.24, 2.45) is 0 Å². The summed E-state index contributed by atoms with van der Waals surface area (Å²) in [4.78, 5) is 12.5. The third-order valence-corrected chi connectivity index (χ3v) is 7.31. The highest BCUT2D eigenvalue weighted by Crippen LogP contribution is 2.28. The molecule has 11 heteroatoms. The van der Waals surface area contributed by atoms with Crippen LogP contribution in [0, 0.1) is 0 Å². The topological polar surface area (TPSA) is 116 Å². The number of hydrogen-bond acceptors (Lipinski definition) is 7. The molecular formula is C19H18N6O4S. The summed E-state index contributed by atoms with van der Waals surface area (Å²) in [6.07, 6.45) is 2.85. The zero-order valence-corrected chi connectivity index (χ0v) is 16.6. The molecule has 0 amide bonds. The third-order valence-electron chi connectivity index (χ3n) is 5.35. The molecule has 5 rings (SSSR count). The number of para-hydroxylation sites is 2. The van der Waals surface area contributed by atoms with Gasteiger partial charge in [0.25, 0.3) is 0 Å². The average molecular weight is 426 g/mol. The molecule has 154 valence electrons. The molecule has 1 fully saturated rings. The maximum Gasteiger partial charge on any atom is 0.420 e. The average Bonchev–Trinajstić information content (AvgIpc) is 3.50. The molecule has 2 aromatic carbocycles.